The van der Waals surface area contributed by atoms with Crippen molar-refractivity contribution < 1.29 is 19.0 Å². The minimum absolute atomic E-state index is 0.0401. The van der Waals surface area contributed by atoms with Crippen molar-refractivity contribution in [2.24, 2.45) is 0 Å². The van der Waals surface area contributed by atoms with Gasteiger partial charge in [-0.2, -0.15) is 0 Å². The first-order chi connectivity index (χ1) is 11.5. The van der Waals surface area contributed by atoms with E-state index in [1.165, 1.54) is 22.8 Å². The quantitative estimate of drug-likeness (QED) is 0.701. The van der Waals surface area contributed by atoms with Gasteiger partial charge in [0.15, 0.2) is 5.69 Å². The maximum absolute atomic E-state index is 13.7. The van der Waals surface area contributed by atoms with Crippen LogP contribution < -0.4 is 4.74 Å². The summed E-state index contributed by atoms with van der Waals surface area (Å²) in [6, 6.07) is 11.3. The van der Waals surface area contributed by atoms with Crippen molar-refractivity contribution in [3.8, 4) is 16.3 Å². The zero-order chi connectivity index (χ0) is 17.1. The molecule has 3 rings (SSSR count). The summed E-state index contributed by atoms with van der Waals surface area (Å²) in [5.41, 5.74) is 0.940. The summed E-state index contributed by atoms with van der Waals surface area (Å²) in [5, 5.41) is 11.4. The highest BCUT2D eigenvalue weighted by molar-refractivity contribution is 7.13. The molecule has 0 radical (unpaired) electrons. The summed E-state index contributed by atoms with van der Waals surface area (Å²) in [5.74, 6) is -1.00. The SMILES string of the molecule is O=C(O)c1csc(-c2cc(Cl)ccc2OCc2ccccc2F)n1. The zero-order valence-electron chi connectivity index (χ0n) is 12.2. The largest absolute Gasteiger partial charge is 0.488 e. The molecule has 0 spiro atoms. The highest BCUT2D eigenvalue weighted by atomic mass is 35.5. The fourth-order valence-corrected chi connectivity index (χ4v) is 3.05. The molecule has 0 aliphatic carbocycles. The average Bonchev–Trinajstić information content (AvgIpc) is 3.05. The first-order valence-electron chi connectivity index (χ1n) is 6.89. The fourth-order valence-electron chi connectivity index (χ4n) is 2.06. The molecule has 0 unspecified atom stereocenters. The Labute approximate surface area is 146 Å². The second-order valence-corrected chi connectivity index (χ2v) is 6.16. The van der Waals surface area contributed by atoms with Crippen molar-refractivity contribution >= 4 is 28.9 Å². The van der Waals surface area contributed by atoms with Gasteiger partial charge in [0.2, 0.25) is 0 Å². The predicted octanol–water partition coefficient (Wildman–Crippen LogP) is 4.88. The number of thiazole rings is 1. The molecule has 0 aliphatic rings. The van der Waals surface area contributed by atoms with Crippen LogP contribution >= 0.6 is 22.9 Å². The van der Waals surface area contributed by atoms with Crippen molar-refractivity contribution in [3.05, 3.63) is 69.9 Å². The van der Waals surface area contributed by atoms with Crippen molar-refractivity contribution in [2.45, 2.75) is 6.61 Å². The summed E-state index contributed by atoms with van der Waals surface area (Å²) >= 11 is 7.20. The number of benzene rings is 2. The molecule has 0 fully saturated rings. The van der Waals surface area contributed by atoms with E-state index in [0.717, 1.165) is 0 Å². The Hall–Kier alpha value is -2.44. The maximum atomic E-state index is 13.7. The number of ether oxygens (including phenoxy) is 1. The first-order valence-corrected chi connectivity index (χ1v) is 8.15. The number of carboxylic acid groups (broad SMARTS) is 1. The van der Waals surface area contributed by atoms with Gasteiger partial charge in [-0.25, -0.2) is 14.2 Å². The molecule has 0 saturated carbocycles. The lowest BCUT2D eigenvalue weighted by molar-refractivity contribution is 0.0691. The number of aromatic carboxylic acids is 1. The predicted molar refractivity (Wildman–Crippen MR) is 90.3 cm³/mol. The second kappa shape index (κ2) is 6.98. The van der Waals surface area contributed by atoms with Crippen LogP contribution in [0, 0.1) is 5.82 Å². The molecular formula is C17H11ClFNO3S. The van der Waals surface area contributed by atoms with Gasteiger partial charge in [0.05, 0.1) is 5.56 Å². The molecule has 0 bridgehead atoms. The van der Waals surface area contributed by atoms with Crippen LogP contribution in [0.4, 0.5) is 4.39 Å². The van der Waals surface area contributed by atoms with Gasteiger partial charge in [0.25, 0.3) is 0 Å². The van der Waals surface area contributed by atoms with Gasteiger partial charge in [0.1, 0.15) is 23.2 Å². The van der Waals surface area contributed by atoms with Gasteiger partial charge in [-0.3, -0.25) is 0 Å². The smallest absolute Gasteiger partial charge is 0.355 e. The molecule has 0 amide bonds. The lowest BCUT2D eigenvalue weighted by Crippen LogP contribution is -2.00. The number of hydrogen-bond acceptors (Lipinski definition) is 4. The monoisotopic (exact) mass is 363 g/mol. The number of carboxylic acids is 1. The lowest BCUT2D eigenvalue weighted by Gasteiger charge is -2.11. The Balaban J connectivity index is 1.90. The normalized spacial score (nSPS) is 10.6. The standard InChI is InChI=1S/C17H11ClFNO3S/c18-11-5-6-15(23-8-10-3-1-2-4-13(10)19)12(7-11)16-20-14(9-24-16)17(21)22/h1-7,9H,8H2,(H,21,22). The minimum atomic E-state index is -1.10. The highest BCUT2D eigenvalue weighted by Gasteiger charge is 2.15. The van der Waals surface area contributed by atoms with Crippen molar-refractivity contribution in [1.29, 1.82) is 0 Å². The van der Waals surface area contributed by atoms with Crippen molar-refractivity contribution in [1.82, 2.24) is 4.98 Å². The van der Waals surface area contributed by atoms with Gasteiger partial charge < -0.3 is 9.84 Å². The molecule has 1 aromatic heterocycles. The highest BCUT2D eigenvalue weighted by Crippen LogP contribution is 2.35. The molecule has 2 aromatic carbocycles. The number of nitrogens with zero attached hydrogens (tertiary/aromatic N) is 1. The fraction of sp³-hybridized carbons (Fsp3) is 0.0588. The minimum Gasteiger partial charge on any atom is -0.488 e. The van der Waals surface area contributed by atoms with E-state index in [1.54, 1.807) is 36.4 Å². The molecule has 7 heteroatoms. The third kappa shape index (κ3) is 3.55. The molecule has 0 atom stereocenters. The third-order valence-corrected chi connectivity index (χ3v) is 4.35. The van der Waals surface area contributed by atoms with Gasteiger partial charge in [-0.15, -0.1) is 11.3 Å². The van der Waals surface area contributed by atoms with Gasteiger partial charge in [-0.05, 0) is 24.3 Å². The lowest BCUT2D eigenvalue weighted by atomic mass is 10.2. The number of halogens is 2. The van der Waals surface area contributed by atoms with Crippen LogP contribution in [0.2, 0.25) is 5.02 Å². The van der Waals surface area contributed by atoms with Gasteiger partial charge in [-0.1, -0.05) is 29.8 Å². The Morgan fingerprint density at radius 2 is 2.08 bits per heavy atom. The molecule has 4 nitrogen and oxygen atoms in total. The number of rotatable bonds is 5. The number of carbonyl (C=O) groups is 1. The van der Waals surface area contributed by atoms with E-state index in [2.05, 4.69) is 4.98 Å². The molecule has 122 valence electrons. The molecule has 1 heterocycles. The van der Waals surface area contributed by atoms with E-state index in [4.69, 9.17) is 21.4 Å². The van der Waals surface area contributed by atoms with Crippen molar-refractivity contribution in [3.63, 3.8) is 0 Å². The van der Waals surface area contributed by atoms with Crippen LogP contribution in [0.3, 0.4) is 0 Å². The molecule has 1 N–H and O–H groups in total. The van der Waals surface area contributed by atoms with Crippen LogP contribution in [0.1, 0.15) is 16.1 Å². The van der Waals surface area contributed by atoms with E-state index < -0.39 is 5.97 Å². The van der Waals surface area contributed by atoms with Crippen LogP contribution in [-0.2, 0) is 6.61 Å². The Morgan fingerprint density at radius 3 is 2.79 bits per heavy atom. The molecule has 3 aromatic rings. The Bertz CT molecular complexity index is 897. The van der Waals surface area contributed by atoms with E-state index in [1.807, 2.05) is 0 Å². The van der Waals surface area contributed by atoms with Gasteiger partial charge in [0, 0.05) is 16.0 Å². The van der Waals surface area contributed by atoms with Gasteiger partial charge >= 0.3 is 5.97 Å². The van der Waals surface area contributed by atoms with Crippen LogP contribution in [0.25, 0.3) is 10.6 Å². The average molecular weight is 364 g/mol. The van der Waals surface area contributed by atoms with Crippen LogP contribution in [-0.4, -0.2) is 16.1 Å². The second-order valence-electron chi connectivity index (χ2n) is 4.86. The molecular weight excluding hydrogens is 353 g/mol. The summed E-state index contributed by atoms with van der Waals surface area (Å²) < 4.78 is 19.4. The molecule has 0 aliphatic heterocycles. The summed E-state index contributed by atoms with van der Waals surface area (Å²) in [4.78, 5) is 15.1. The van der Waals surface area contributed by atoms with Crippen LogP contribution in [0.15, 0.2) is 47.8 Å². The molecule has 0 saturated heterocycles. The van der Waals surface area contributed by atoms with E-state index in [-0.39, 0.29) is 18.1 Å². The van der Waals surface area contributed by atoms with E-state index >= 15 is 0 Å². The summed E-state index contributed by atoms with van der Waals surface area (Å²) in [6.45, 7) is 0.0401. The van der Waals surface area contributed by atoms with E-state index in [0.29, 0.717) is 26.9 Å². The summed E-state index contributed by atoms with van der Waals surface area (Å²) in [6.07, 6.45) is 0. The maximum Gasteiger partial charge on any atom is 0.355 e. The topological polar surface area (TPSA) is 59.4 Å². The first kappa shape index (κ1) is 16.4. The summed E-state index contributed by atoms with van der Waals surface area (Å²) in [7, 11) is 0. The number of aromatic nitrogens is 1. The zero-order valence-corrected chi connectivity index (χ0v) is 13.8. The van der Waals surface area contributed by atoms with Crippen LogP contribution in [0.5, 0.6) is 5.75 Å². The number of hydrogen-bond donors (Lipinski definition) is 1. The molecule has 24 heavy (non-hydrogen) atoms. The Morgan fingerprint density at radius 1 is 1.29 bits per heavy atom. The van der Waals surface area contributed by atoms with Crippen molar-refractivity contribution in [2.75, 3.05) is 0 Å². The third-order valence-electron chi connectivity index (χ3n) is 3.24. The Kier molecular flexibility index (Phi) is 4.78. The van der Waals surface area contributed by atoms with E-state index in [9.17, 15) is 9.18 Å².